The van der Waals surface area contributed by atoms with Crippen molar-refractivity contribution in [1.82, 2.24) is 14.9 Å². The molecule has 0 aromatic carbocycles. The van der Waals surface area contributed by atoms with E-state index in [1.807, 2.05) is 30.5 Å². The fraction of sp³-hybridized carbons (Fsp3) is 0.409. The van der Waals surface area contributed by atoms with E-state index in [-0.39, 0.29) is 11.9 Å². The topological polar surface area (TPSA) is 65.2 Å². The molecule has 0 radical (unpaired) electrons. The molecule has 9 heteroatoms. The molecule has 2 aliphatic heterocycles. The van der Waals surface area contributed by atoms with Crippen LogP contribution in [0.25, 0.3) is 0 Å². The Bertz CT molecular complexity index is 1040. The van der Waals surface area contributed by atoms with Crippen molar-refractivity contribution in [2.24, 2.45) is 5.10 Å². The fourth-order valence-corrected chi connectivity index (χ4v) is 5.77. The average molecular weight is 456 g/mol. The fourth-order valence-electron chi connectivity index (χ4n) is 4.11. The Morgan fingerprint density at radius 2 is 2.13 bits per heavy atom. The van der Waals surface area contributed by atoms with Gasteiger partial charge in [-0.25, -0.2) is 9.99 Å². The normalized spacial score (nSPS) is 20.2. The van der Waals surface area contributed by atoms with E-state index in [2.05, 4.69) is 26.2 Å². The Morgan fingerprint density at radius 3 is 2.87 bits per heavy atom. The van der Waals surface area contributed by atoms with Gasteiger partial charge < -0.3 is 9.32 Å². The summed E-state index contributed by atoms with van der Waals surface area (Å²) in [6.07, 6.45) is 3.34. The van der Waals surface area contributed by atoms with Crippen LogP contribution in [0.4, 0.5) is 5.13 Å². The van der Waals surface area contributed by atoms with Gasteiger partial charge in [0.2, 0.25) is 0 Å². The number of hydrazone groups is 1. The second kappa shape index (κ2) is 8.94. The zero-order chi connectivity index (χ0) is 21.2. The van der Waals surface area contributed by atoms with E-state index in [0.29, 0.717) is 13.0 Å². The molecule has 7 nitrogen and oxygen atoms in total. The van der Waals surface area contributed by atoms with Crippen LogP contribution in [0.1, 0.15) is 35.2 Å². The number of hydrogen-bond acceptors (Lipinski definition) is 8. The molecule has 1 atom stereocenters. The highest BCUT2D eigenvalue weighted by molar-refractivity contribution is 7.13. The number of aryl methyl sites for hydroxylation is 1. The van der Waals surface area contributed by atoms with Gasteiger partial charge in [0.15, 0.2) is 5.13 Å². The van der Waals surface area contributed by atoms with E-state index in [1.165, 1.54) is 0 Å². The third-order valence-corrected chi connectivity index (χ3v) is 7.66. The molecular formula is C22H25N5O2S2. The van der Waals surface area contributed by atoms with E-state index in [0.717, 1.165) is 59.8 Å². The summed E-state index contributed by atoms with van der Waals surface area (Å²) in [5.74, 6) is 0.777. The van der Waals surface area contributed by atoms with Crippen LogP contribution >= 0.6 is 22.7 Å². The molecule has 162 valence electrons. The quantitative estimate of drug-likeness (QED) is 0.582. The minimum absolute atomic E-state index is 0.0403. The van der Waals surface area contributed by atoms with Crippen molar-refractivity contribution in [3.63, 3.8) is 0 Å². The zero-order valence-electron chi connectivity index (χ0n) is 17.4. The van der Waals surface area contributed by atoms with Gasteiger partial charge >= 0.3 is 0 Å². The van der Waals surface area contributed by atoms with Crippen LogP contribution in [-0.4, -0.2) is 59.2 Å². The summed E-state index contributed by atoms with van der Waals surface area (Å²) in [5.41, 5.74) is 1.90. The molecule has 1 amide bonds. The number of anilines is 1. The van der Waals surface area contributed by atoms with Crippen molar-refractivity contribution in [2.75, 3.05) is 37.6 Å². The molecule has 0 bridgehead atoms. The standard InChI is InChI=1S/C22H25N5O2S2/c1-16-15-31-22(23-16)26-8-4-7-25(9-10-26)14-21(28)27-18(20-6-3-12-30-20)13-17(24-27)19-5-2-11-29-19/h2-3,5-6,11-12,15,18H,4,7-10,13-14H2,1H3. The number of thiophene rings is 1. The molecule has 0 spiro atoms. The summed E-state index contributed by atoms with van der Waals surface area (Å²) < 4.78 is 5.55. The van der Waals surface area contributed by atoms with Crippen molar-refractivity contribution in [3.05, 3.63) is 57.6 Å². The summed E-state index contributed by atoms with van der Waals surface area (Å²) in [6, 6.07) is 7.81. The van der Waals surface area contributed by atoms with E-state index in [1.54, 1.807) is 33.9 Å². The molecule has 0 aliphatic carbocycles. The van der Waals surface area contributed by atoms with Crippen LogP contribution in [0, 0.1) is 6.92 Å². The van der Waals surface area contributed by atoms with E-state index >= 15 is 0 Å². The van der Waals surface area contributed by atoms with Crippen molar-refractivity contribution in [2.45, 2.75) is 25.8 Å². The summed E-state index contributed by atoms with van der Waals surface area (Å²) in [6.45, 7) is 6.01. The third kappa shape index (κ3) is 4.44. The highest BCUT2D eigenvalue weighted by Crippen LogP contribution is 2.35. The van der Waals surface area contributed by atoms with E-state index in [4.69, 9.17) is 9.52 Å². The van der Waals surface area contributed by atoms with Gasteiger partial charge in [0.1, 0.15) is 11.5 Å². The summed E-state index contributed by atoms with van der Waals surface area (Å²) >= 11 is 3.36. The first-order chi connectivity index (χ1) is 15.2. The number of thiazole rings is 1. The summed E-state index contributed by atoms with van der Waals surface area (Å²) in [7, 11) is 0. The van der Waals surface area contributed by atoms with E-state index in [9.17, 15) is 4.79 Å². The molecule has 1 fully saturated rings. The summed E-state index contributed by atoms with van der Waals surface area (Å²) in [5, 5.41) is 11.6. The van der Waals surface area contributed by atoms with Crippen LogP contribution < -0.4 is 4.90 Å². The smallest absolute Gasteiger partial charge is 0.257 e. The zero-order valence-corrected chi connectivity index (χ0v) is 19.1. The Kier molecular flexibility index (Phi) is 5.89. The van der Waals surface area contributed by atoms with Crippen LogP contribution in [-0.2, 0) is 4.79 Å². The number of furan rings is 1. The molecule has 31 heavy (non-hydrogen) atoms. The lowest BCUT2D eigenvalue weighted by Gasteiger charge is -2.25. The Hall–Kier alpha value is -2.49. The molecule has 1 unspecified atom stereocenters. The third-order valence-electron chi connectivity index (χ3n) is 5.67. The predicted octanol–water partition coefficient (Wildman–Crippen LogP) is 4.00. The minimum atomic E-state index is -0.0608. The SMILES string of the molecule is Cc1csc(N2CCCN(CC(=O)N3N=C(c4ccco4)CC3c3cccs3)CC2)n1. The van der Waals surface area contributed by atoms with Crippen LogP contribution in [0.5, 0.6) is 0 Å². The first-order valence-electron chi connectivity index (χ1n) is 10.5. The molecule has 5 heterocycles. The largest absolute Gasteiger partial charge is 0.463 e. The second-order valence-electron chi connectivity index (χ2n) is 7.89. The van der Waals surface area contributed by atoms with Crippen molar-refractivity contribution in [1.29, 1.82) is 0 Å². The van der Waals surface area contributed by atoms with Crippen molar-refractivity contribution >= 4 is 39.4 Å². The lowest BCUT2D eigenvalue weighted by molar-refractivity contribution is -0.134. The maximum Gasteiger partial charge on any atom is 0.257 e. The van der Waals surface area contributed by atoms with Crippen LogP contribution in [0.3, 0.4) is 0 Å². The maximum absolute atomic E-state index is 13.3. The molecule has 3 aromatic heterocycles. The number of nitrogens with zero attached hydrogens (tertiary/aromatic N) is 5. The molecule has 3 aromatic rings. The molecule has 0 N–H and O–H groups in total. The highest BCUT2D eigenvalue weighted by Gasteiger charge is 2.35. The Balaban J connectivity index is 1.28. The molecule has 0 saturated carbocycles. The predicted molar refractivity (Wildman–Crippen MR) is 124 cm³/mol. The van der Waals surface area contributed by atoms with E-state index < -0.39 is 0 Å². The average Bonchev–Trinajstić information content (AvgIpc) is 3.55. The number of rotatable bonds is 5. The van der Waals surface area contributed by atoms with Gasteiger partial charge in [0, 0.05) is 42.9 Å². The second-order valence-corrected chi connectivity index (χ2v) is 9.70. The molecule has 1 saturated heterocycles. The van der Waals surface area contributed by atoms with Crippen molar-refractivity contribution < 1.29 is 9.21 Å². The summed E-state index contributed by atoms with van der Waals surface area (Å²) in [4.78, 5) is 23.7. The van der Waals surface area contributed by atoms with Gasteiger partial charge in [0.25, 0.3) is 5.91 Å². The number of carbonyl (C=O) groups excluding carboxylic acids is 1. The number of hydrogen-bond donors (Lipinski definition) is 0. The lowest BCUT2D eigenvalue weighted by Crippen LogP contribution is -2.40. The van der Waals surface area contributed by atoms with Crippen LogP contribution in [0.2, 0.25) is 0 Å². The Morgan fingerprint density at radius 1 is 1.19 bits per heavy atom. The first-order valence-corrected chi connectivity index (χ1v) is 12.3. The van der Waals surface area contributed by atoms with Crippen molar-refractivity contribution in [3.8, 4) is 0 Å². The van der Waals surface area contributed by atoms with Gasteiger partial charge in [-0.2, -0.15) is 5.10 Å². The maximum atomic E-state index is 13.3. The number of amides is 1. The van der Waals surface area contributed by atoms with Gasteiger partial charge in [-0.05, 0) is 36.9 Å². The number of carbonyl (C=O) groups is 1. The lowest BCUT2D eigenvalue weighted by atomic mass is 10.1. The molecule has 5 rings (SSSR count). The first kappa shape index (κ1) is 20.4. The highest BCUT2D eigenvalue weighted by atomic mass is 32.1. The molecular weight excluding hydrogens is 430 g/mol. The monoisotopic (exact) mass is 455 g/mol. The van der Waals surface area contributed by atoms with Gasteiger partial charge in [-0.15, -0.1) is 22.7 Å². The van der Waals surface area contributed by atoms with Gasteiger partial charge in [-0.3, -0.25) is 9.69 Å². The molecule has 2 aliphatic rings. The number of aromatic nitrogens is 1. The van der Waals surface area contributed by atoms with Crippen LogP contribution in [0.15, 0.2) is 50.8 Å². The Labute approximate surface area is 189 Å². The minimum Gasteiger partial charge on any atom is -0.463 e. The van der Waals surface area contributed by atoms with Gasteiger partial charge in [0.05, 0.1) is 24.5 Å². The van der Waals surface area contributed by atoms with Gasteiger partial charge in [-0.1, -0.05) is 6.07 Å².